The Morgan fingerprint density at radius 2 is 2.11 bits per heavy atom. The highest BCUT2D eigenvalue weighted by Crippen LogP contribution is 2.39. The van der Waals surface area contributed by atoms with Gasteiger partial charge in [-0.1, -0.05) is 0 Å². The Kier molecular flexibility index (Phi) is 5.48. The van der Waals surface area contributed by atoms with Crippen molar-refractivity contribution in [3.63, 3.8) is 0 Å². The molecule has 3 aromatic rings. The fraction of sp³-hybridized carbons (Fsp3) is 0.368. The Hall–Kier alpha value is -2.78. The average Bonchev–Trinajstić information content (AvgIpc) is 2.98. The van der Waals surface area contributed by atoms with Gasteiger partial charge in [0.05, 0.1) is 46.6 Å². The van der Waals surface area contributed by atoms with Crippen LogP contribution in [0.4, 0.5) is 11.6 Å². The zero-order chi connectivity index (χ0) is 20.5. The van der Waals surface area contributed by atoms with Crippen molar-refractivity contribution < 1.29 is 14.6 Å². The van der Waals surface area contributed by atoms with Gasteiger partial charge in [-0.3, -0.25) is 9.78 Å². The summed E-state index contributed by atoms with van der Waals surface area (Å²) in [5.41, 5.74) is 7.26. The van der Waals surface area contributed by atoms with Crippen molar-refractivity contribution in [2.24, 2.45) is 0 Å². The number of ketones is 1. The van der Waals surface area contributed by atoms with Crippen LogP contribution in [0, 0.1) is 0 Å². The zero-order valence-corrected chi connectivity index (χ0v) is 17.1. The van der Waals surface area contributed by atoms with Crippen LogP contribution in [0.2, 0.25) is 0 Å². The summed E-state index contributed by atoms with van der Waals surface area (Å²) in [6, 6.07) is 1.82. The second-order valence-corrected chi connectivity index (χ2v) is 7.99. The molecule has 0 unspecified atom stereocenters. The Balaban J connectivity index is 2.25. The van der Waals surface area contributed by atoms with Crippen molar-refractivity contribution in [3.05, 3.63) is 23.3 Å². The summed E-state index contributed by atoms with van der Waals surface area (Å²) in [6.07, 6.45) is 3.28. The van der Waals surface area contributed by atoms with Gasteiger partial charge in [0.15, 0.2) is 5.78 Å². The molecule has 0 atom stereocenters. The van der Waals surface area contributed by atoms with E-state index in [1.807, 2.05) is 26.8 Å². The van der Waals surface area contributed by atoms with Crippen molar-refractivity contribution in [1.82, 2.24) is 15.0 Å². The minimum Gasteiger partial charge on any atom is -0.492 e. The second kappa shape index (κ2) is 7.69. The summed E-state index contributed by atoms with van der Waals surface area (Å²) < 4.78 is 5.54. The van der Waals surface area contributed by atoms with E-state index in [1.165, 1.54) is 18.3 Å². The van der Waals surface area contributed by atoms with Crippen molar-refractivity contribution in [1.29, 1.82) is 0 Å². The van der Waals surface area contributed by atoms with Crippen LogP contribution in [0.25, 0.3) is 21.5 Å². The number of carbonyl (C=O) groups is 1. The molecule has 0 aliphatic carbocycles. The van der Waals surface area contributed by atoms with Crippen LogP contribution in [0.1, 0.15) is 37.4 Å². The molecular weight excluding hydrogens is 378 g/mol. The Morgan fingerprint density at radius 1 is 1.36 bits per heavy atom. The predicted molar refractivity (Wildman–Crippen MR) is 111 cm³/mol. The number of pyridine rings is 1. The molecule has 148 valence electrons. The number of nitrogen functional groups attached to an aromatic ring is 1. The fourth-order valence-electron chi connectivity index (χ4n) is 2.68. The summed E-state index contributed by atoms with van der Waals surface area (Å²) in [4.78, 5) is 26.4. The van der Waals surface area contributed by atoms with Crippen molar-refractivity contribution >= 4 is 39.0 Å². The first-order valence-electron chi connectivity index (χ1n) is 8.84. The normalized spacial score (nSPS) is 11.6. The molecule has 0 amide bonds. The number of nitrogens with one attached hydrogen (secondary N) is 1. The number of fused-ring (bicyclic) bond motifs is 1. The molecule has 4 N–H and O–H groups in total. The summed E-state index contributed by atoms with van der Waals surface area (Å²) in [6.45, 7) is 7.44. The van der Waals surface area contributed by atoms with Gasteiger partial charge in [0.2, 0.25) is 5.95 Å². The third-order valence-electron chi connectivity index (χ3n) is 4.05. The molecule has 0 saturated carbocycles. The largest absolute Gasteiger partial charge is 0.492 e. The predicted octanol–water partition coefficient (Wildman–Crippen LogP) is 3.12. The molecule has 0 aromatic carbocycles. The molecule has 0 spiro atoms. The number of hydrogen-bond acceptors (Lipinski definition) is 9. The van der Waals surface area contributed by atoms with Gasteiger partial charge in [0.1, 0.15) is 10.6 Å². The minimum atomic E-state index is -0.622. The first kappa shape index (κ1) is 20.0. The molecule has 9 heteroatoms. The third kappa shape index (κ3) is 3.90. The standard InChI is InChI=1S/C19H23N5O3S/c1-5-27-12-6-11(7-21-8-12)15-13-14(20)16(10(2)26)28-17(13)23-18(22-15)24-19(3,4)9-25/h6-8,25H,5,9,20H2,1-4H3,(H,22,23,24). The number of Topliss-reactive ketones (excluding diaryl/α,β-unsaturated/α-hetero) is 1. The summed E-state index contributed by atoms with van der Waals surface area (Å²) in [7, 11) is 0. The molecule has 0 aliphatic heterocycles. The maximum absolute atomic E-state index is 12.0. The van der Waals surface area contributed by atoms with E-state index >= 15 is 0 Å². The van der Waals surface area contributed by atoms with Crippen molar-refractivity contribution in [2.45, 2.75) is 33.2 Å². The molecular formula is C19H23N5O3S. The maximum Gasteiger partial charge on any atom is 0.225 e. The number of nitrogens with two attached hydrogens (primary N) is 1. The highest BCUT2D eigenvalue weighted by molar-refractivity contribution is 7.21. The van der Waals surface area contributed by atoms with Crippen LogP contribution < -0.4 is 15.8 Å². The number of aliphatic hydroxyl groups is 1. The molecule has 3 rings (SSSR count). The molecule has 0 aliphatic rings. The van der Waals surface area contributed by atoms with E-state index in [-0.39, 0.29) is 12.4 Å². The molecule has 3 aromatic heterocycles. The first-order chi connectivity index (χ1) is 13.3. The summed E-state index contributed by atoms with van der Waals surface area (Å²) in [5.74, 6) is 0.815. The molecule has 0 saturated heterocycles. The number of carbonyl (C=O) groups excluding carboxylic acids is 1. The number of thiophene rings is 1. The maximum atomic E-state index is 12.0. The average molecular weight is 401 g/mol. The van der Waals surface area contributed by atoms with Gasteiger partial charge in [-0.25, -0.2) is 9.97 Å². The van der Waals surface area contributed by atoms with Gasteiger partial charge in [-0.05, 0) is 26.8 Å². The summed E-state index contributed by atoms with van der Waals surface area (Å²) in [5, 5.41) is 13.3. The third-order valence-corrected chi connectivity index (χ3v) is 5.25. The second-order valence-electron chi connectivity index (χ2n) is 6.99. The van der Waals surface area contributed by atoms with E-state index in [2.05, 4.69) is 20.3 Å². The number of nitrogens with zero attached hydrogens (tertiary/aromatic N) is 3. The monoisotopic (exact) mass is 401 g/mol. The summed E-state index contributed by atoms with van der Waals surface area (Å²) >= 11 is 1.22. The number of ether oxygens (including phenoxy) is 1. The number of hydrogen-bond donors (Lipinski definition) is 3. The lowest BCUT2D eigenvalue weighted by atomic mass is 10.1. The van der Waals surface area contributed by atoms with Gasteiger partial charge in [-0.2, -0.15) is 0 Å². The molecule has 8 nitrogen and oxygen atoms in total. The Labute approximate surface area is 166 Å². The lowest BCUT2D eigenvalue weighted by Crippen LogP contribution is -2.35. The van der Waals surface area contributed by atoms with E-state index in [0.29, 0.717) is 50.3 Å². The molecule has 3 heterocycles. The SMILES string of the molecule is CCOc1cncc(-c2nc(NC(C)(C)CO)nc3sc(C(C)=O)c(N)c23)c1. The van der Waals surface area contributed by atoms with E-state index in [0.717, 1.165) is 0 Å². The number of aliphatic hydroxyl groups excluding tert-OH is 1. The van der Waals surface area contributed by atoms with Crippen LogP contribution in [0.15, 0.2) is 18.5 Å². The quantitative estimate of drug-likeness (QED) is 0.516. The lowest BCUT2D eigenvalue weighted by molar-refractivity contribution is 0.102. The highest BCUT2D eigenvalue weighted by Gasteiger charge is 2.23. The van der Waals surface area contributed by atoms with E-state index in [4.69, 9.17) is 10.5 Å². The van der Waals surface area contributed by atoms with Gasteiger partial charge in [0.25, 0.3) is 0 Å². The van der Waals surface area contributed by atoms with E-state index < -0.39 is 5.54 Å². The van der Waals surface area contributed by atoms with Crippen LogP contribution in [-0.4, -0.2) is 44.6 Å². The Bertz CT molecular complexity index is 1030. The lowest BCUT2D eigenvalue weighted by Gasteiger charge is -2.23. The molecule has 0 bridgehead atoms. The van der Waals surface area contributed by atoms with Crippen LogP contribution in [0.5, 0.6) is 5.75 Å². The van der Waals surface area contributed by atoms with E-state index in [9.17, 15) is 9.90 Å². The van der Waals surface area contributed by atoms with Crippen molar-refractivity contribution in [2.75, 3.05) is 24.3 Å². The van der Waals surface area contributed by atoms with Gasteiger partial charge in [0, 0.05) is 18.7 Å². The molecule has 0 radical (unpaired) electrons. The number of aromatic nitrogens is 3. The van der Waals surface area contributed by atoms with Crippen molar-refractivity contribution in [3.8, 4) is 17.0 Å². The van der Waals surface area contributed by atoms with Crippen LogP contribution in [0.3, 0.4) is 0 Å². The van der Waals surface area contributed by atoms with Gasteiger partial charge in [-0.15, -0.1) is 11.3 Å². The highest BCUT2D eigenvalue weighted by atomic mass is 32.1. The number of rotatable bonds is 7. The van der Waals surface area contributed by atoms with Gasteiger partial charge >= 0.3 is 0 Å². The van der Waals surface area contributed by atoms with Crippen LogP contribution >= 0.6 is 11.3 Å². The first-order valence-corrected chi connectivity index (χ1v) is 9.65. The molecule has 0 fully saturated rings. The zero-order valence-electron chi connectivity index (χ0n) is 16.2. The van der Waals surface area contributed by atoms with E-state index in [1.54, 1.807) is 12.4 Å². The van der Waals surface area contributed by atoms with Gasteiger partial charge < -0.3 is 20.9 Å². The minimum absolute atomic E-state index is 0.101. The smallest absolute Gasteiger partial charge is 0.225 e. The van der Waals surface area contributed by atoms with Crippen LogP contribution in [-0.2, 0) is 0 Å². The fourth-order valence-corrected chi connectivity index (χ4v) is 3.67. The Morgan fingerprint density at radius 3 is 2.75 bits per heavy atom. The topological polar surface area (TPSA) is 123 Å². The molecule has 28 heavy (non-hydrogen) atoms. The number of anilines is 2.